The molecular formula is C19H26FN3O2. The van der Waals surface area contributed by atoms with Crippen molar-refractivity contribution in [2.45, 2.75) is 32.7 Å². The minimum Gasteiger partial charge on any atom is -0.341 e. The summed E-state index contributed by atoms with van der Waals surface area (Å²) < 4.78 is 13.5. The lowest BCUT2D eigenvalue weighted by Gasteiger charge is -2.38. The maximum absolute atomic E-state index is 13.5. The van der Waals surface area contributed by atoms with E-state index in [1.54, 1.807) is 11.0 Å². The van der Waals surface area contributed by atoms with Crippen molar-refractivity contribution < 1.29 is 14.0 Å². The molecule has 1 unspecified atom stereocenters. The first-order valence-electron chi connectivity index (χ1n) is 9.05. The van der Waals surface area contributed by atoms with E-state index in [4.69, 9.17) is 0 Å². The molecule has 2 amide bonds. The van der Waals surface area contributed by atoms with Crippen molar-refractivity contribution in [2.75, 3.05) is 39.3 Å². The van der Waals surface area contributed by atoms with Gasteiger partial charge in [0.2, 0.25) is 5.91 Å². The van der Waals surface area contributed by atoms with Gasteiger partial charge >= 0.3 is 0 Å². The number of aryl methyl sites for hydroxylation is 1. The van der Waals surface area contributed by atoms with E-state index in [1.807, 2.05) is 18.7 Å². The van der Waals surface area contributed by atoms with Crippen molar-refractivity contribution in [2.24, 2.45) is 0 Å². The summed E-state index contributed by atoms with van der Waals surface area (Å²) in [5, 5.41) is 0. The normalized spacial score (nSPS) is 20.0. The molecule has 2 saturated heterocycles. The summed E-state index contributed by atoms with van der Waals surface area (Å²) >= 11 is 0. The van der Waals surface area contributed by atoms with Crippen molar-refractivity contribution in [3.63, 3.8) is 0 Å². The minimum absolute atomic E-state index is 0.129. The van der Waals surface area contributed by atoms with Crippen molar-refractivity contribution in [1.82, 2.24) is 14.7 Å². The molecular weight excluding hydrogens is 321 g/mol. The molecule has 0 aliphatic carbocycles. The molecule has 3 rings (SSSR count). The second kappa shape index (κ2) is 7.52. The molecule has 0 aromatic heterocycles. The summed E-state index contributed by atoms with van der Waals surface area (Å²) in [6, 6.07) is 4.17. The van der Waals surface area contributed by atoms with Gasteiger partial charge < -0.3 is 9.80 Å². The van der Waals surface area contributed by atoms with Gasteiger partial charge in [-0.2, -0.15) is 0 Å². The Morgan fingerprint density at radius 3 is 2.28 bits per heavy atom. The van der Waals surface area contributed by atoms with Gasteiger partial charge in [-0.1, -0.05) is 6.07 Å². The highest BCUT2D eigenvalue weighted by molar-refractivity contribution is 5.95. The Morgan fingerprint density at radius 2 is 1.64 bits per heavy atom. The smallest absolute Gasteiger partial charge is 0.254 e. The van der Waals surface area contributed by atoms with Crippen LogP contribution in [0.2, 0.25) is 0 Å². The maximum Gasteiger partial charge on any atom is 0.254 e. The van der Waals surface area contributed by atoms with Crippen LogP contribution in [-0.4, -0.2) is 71.8 Å². The highest BCUT2D eigenvalue weighted by Crippen LogP contribution is 2.17. The zero-order chi connectivity index (χ0) is 18.0. The van der Waals surface area contributed by atoms with E-state index in [0.29, 0.717) is 31.7 Å². The van der Waals surface area contributed by atoms with Gasteiger partial charge in [0.1, 0.15) is 5.82 Å². The van der Waals surface area contributed by atoms with Crippen LogP contribution in [0.5, 0.6) is 0 Å². The van der Waals surface area contributed by atoms with Gasteiger partial charge in [0, 0.05) is 44.8 Å². The standard InChI is InChI=1S/C19H26FN3O2/c1-14-5-6-16(20)13-17(14)19(25)23-11-9-21(10-12-23)15(2)18(24)22-7-3-4-8-22/h5-6,13,15H,3-4,7-12H2,1-2H3. The predicted octanol–water partition coefficient (Wildman–Crippen LogP) is 1.90. The minimum atomic E-state index is -0.391. The average Bonchev–Trinajstić information content (AvgIpc) is 3.16. The number of amides is 2. The second-order valence-corrected chi connectivity index (χ2v) is 7.00. The predicted molar refractivity (Wildman–Crippen MR) is 93.9 cm³/mol. The molecule has 2 heterocycles. The van der Waals surface area contributed by atoms with E-state index >= 15 is 0 Å². The van der Waals surface area contributed by atoms with Crippen LogP contribution in [0.25, 0.3) is 0 Å². The zero-order valence-electron chi connectivity index (χ0n) is 15.0. The van der Waals surface area contributed by atoms with Crippen LogP contribution in [0.4, 0.5) is 4.39 Å². The molecule has 2 aliphatic heterocycles. The van der Waals surface area contributed by atoms with Crippen molar-refractivity contribution in [3.8, 4) is 0 Å². The van der Waals surface area contributed by atoms with Gasteiger partial charge in [0.25, 0.3) is 5.91 Å². The molecule has 0 spiro atoms. The third-order valence-electron chi connectivity index (χ3n) is 5.35. The third kappa shape index (κ3) is 3.84. The largest absolute Gasteiger partial charge is 0.341 e. The van der Waals surface area contributed by atoms with Crippen LogP contribution in [-0.2, 0) is 4.79 Å². The Labute approximate surface area is 148 Å². The van der Waals surface area contributed by atoms with Crippen LogP contribution in [0.3, 0.4) is 0 Å². The molecule has 0 radical (unpaired) electrons. The number of hydrogen-bond acceptors (Lipinski definition) is 3. The average molecular weight is 347 g/mol. The first-order valence-corrected chi connectivity index (χ1v) is 9.05. The summed E-state index contributed by atoms with van der Waals surface area (Å²) in [5.74, 6) is -0.328. The first-order chi connectivity index (χ1) is 12.0. The number of nitrogens with zero attached hydrogens (tertiary/aromatic N) is 3. The lowest BCUT2D eigenvalue weighted by atomic mass is 10.1. The summed E-state index contributed by atoms with van der Waals surface area (Å²) in [6.07, 6.45) is 2.18. The van der Waals surface area contributed by atoms with E-state index in [-0.39, 0.29) is 17.9 Å². The van der Waals surface area contributed by atoms with Gasteiger partial charge in [0.05, 0.1) is 6.04 Å². The highest BCUT2D eigenvalue weighted by atomic mass is 19.1. The Morgan fingerprint density at radius 1 is 1.00 bits per heavy atom. The molecule has 5 nitrogen and oxygen atoms in total. The molecule has 136 valence electrons. The Bertz CT molecular complexity index is 650. The summed E-state index contributed by atoms with van der Waals surface area (Å²) in [5.41, 5.74) is 1.21. The monoisotopic (exact) mass is 347 g/mol. The van der Waals surface area contributed by atoms with Gasteiger partial charge in [-0.15, -0.1) is 0 Å². The Hall–Kier alpha value is -1.95. The fraction of sp³-hybridized carbons (Fsp3) is 0.579. The van der Waals surface area contributed by atoms with E-state index in [0.717, 1.165) is 31.5 Å². The lowest BCUT2D eigenvalue weighted by Crippen LogP contribution is -2.55. The number of rotatable bonds is 3. The van der Waals surface area contributed by atoms with Crippen molar-refractivity contribution in [1.29, 1.82) is 0 Å². The van der Waals surface area contributed by atoms with E-state index in [9.17, 15) is 14.0 Å². The summed E-state index contributed by atoms with van der Waals surface area (Å²) in [4.78, 5) is 31.0. The van der Waals surface area contributed by atoms with Crippen LogP contribution < -0.4 is 0 Å². The molecule has 1 aromatic carbocycles. The maximum atomic E-state index is 13.5. The molecule has 0 bridgehead atoms. The number of benzene rings is 1. The summed E-state index contributed by atoms with van der Waals surface area (Å²) in [6.45, 7) is 7.95. The van der Waals surface area contributed by atoms with Crippen LogP contribution >= 0.6 is 0 Å². The molecule has 1 atom stereocenters. The summed E-state index contributed by atoms with van der Waals surface area (Å²) in [7, 11) is 0. The number of likely N-dealkylation sites (tertiary alicyclic amines) is 1. The molecule has 2 fully saturated rings. The topological polar surface area (TPSA) is 43.9 Å². The first kappa shape index (κ1) is 17.9. The lowest BCUT2D eigenvalue weighted by molar-refractivity contribution is -0.135. The van der Waals surface area contributed by atoms with Crippen LogP contribution in [0, 0.1) is 12.7 Å². The second-order valence-electron chi connectivity index (χ2n) is 7.00. The molecule has 0 saturated carbocycles. The number of carbonyl (C=O) groups is 2. The molecule has 25 heavy (non-hydrogen) atoms. The Balaban J connectivity index is 1.58. The van der Waals surface area contributed by atoms with Crippen molar-refractivity contribution >= 4 is 11.8 Å². The van der Waals surface area contributed by atoms with Crippen molar-refractivity contribution in [3.05, 3.63) is 35.1 Å². The van der Waals surface area contributed by atoms with Gasteiger partial charge in [-0.05, 0) is 44.4 Å². The molecule has 2 aliphatic rings. The van der Waals surface area contributed by atoms with E-state index in [2.05, 4.69) is 4.90 Å². The van der Waals surface area contributed by atoms with E-state index in [1.165, 1.54) is 12.1 Å². The van der Waals surface area contributed by atoms with Gasteiger partial charge in [0.15, 0.2) is 0 Å². The Kier molecular flexibility index (Phi) is 5.37. The van der Waals surface area contributed by atoms with Gasteiger partial charge in [-0.3, -0.25) is 14.5 Å². The van der Waals surface area contributed by atoms with E-state index < -0.39 is 5.82 Å². The molecule has 0 N–H and O–H groups in total. The number of halogens is 1. The number of piperazine rings is 1. The fourth-order valence-corrected chi connectivity index (χ4v) is 3.67. The van der Waals surface area contributed by atoms with Gasteiger partial charge in [-0.25, -0.2) is 4.39 Å². The van der Waals surface area contributed by atoms with Crippen LogP contribution in [0.15, 0.2) is 18.2 Å². The fourth-order valence-electron chi connectivity index (χ4n) is 3.67. The highest BCUT2D eigenvalue weighted by Gasteiger charge is 2.31. The van der Waals surface area contributed by atoms with Crippen LogP contribution in [0.1, 0.15) is 35.7 Å². The molecule has 1 aromatic rings. The number of carbonyl (C=O) groups excluding carboxylic acids is 2. The SMILES string of the molecule is Cc1ccc(F)cc1C(=O)N1CCN(C(C)C(=O)N2CCCC2)CC1. The number of hydrogen-bond donors (Lipinski definition) is 0. The quantitative estimate of drug-likeness (QED) is 0.839. The zero-order valence-corrected chi connectivity index (χ0v) is 15.0. The third-order valence-corrected chi connectivity index (χ3v) is 5.35. The molecule has 6 heteroatoms.